The van der Waals surface area contributed by atoms with Gasteiger partial charge >= 0.3 is 0 Å². The highest BCUT2D eigenvalue weighted by Gasteiger charge is 2.00. The fourth-order valence-corrected chi connectivity index (χ4v) is 1.51. The van der Waals surface area contributed by atoms with Crippen LogP contribution in [0.1, 0.15) is 53.4 Å². The topological polar surface area (TPSA) is 0 Å². The normalized spacial score (nSPS) is 15.2. The van der Waals surface area contributed by atoms with Gasteiger partial charge in [0.05, 0.1) is 0 Å². The van der Waals surface area contributed by atoms with Crippen LogP contribution in [0, 0.1) is 5.92 Å². The molecule has 0 N–H and O–H groups in total. The molecule has 0 aliphatic carbocycles. The molecule has 0 aromatic rings. The van der Waals surface area contributed by atoms with Gasteiger partial charge in [0.25, 0.3) is 0 Å². The van der Waals surface area contributed by atoms with E-state index in [4.69, 9.17) is 0 Å². The second kappa shape index (κ2) is 8.10. The van der Waals surface area contributed by atoms with Crippen LogP contribution in [0.2, 0.25) is 0 Å². The minimum absolute atomic E-state index is 0.636. The Bertz CT molecular complexity index is 163. The van der Waals surface area contributed by atoms with E-state index in [0.29, 0.717) is 5.92 Å². The van der Waals surface area contributed by atoms with Crippen molar-refractivity contribution in [3.8, 4) is 0 Å². The second-order valence-corrected chi connectivity index (χ2v) is 3.55. The zero-order valence-corrected chi connectivity index (χ0v) is 9.64. The summed E-state index contributed by atoms with van der Waals surface area (Å²) in [4.78, 5) is 0. The van der Waals surface area contributed by atoms with Gasteiger partial charge in [0.1, 0.15) is 0 Å². The van der Waals surface area contributed by atoms with Crippen molar-refractivity contribution in [2.45, 2.75) is 53.4 Å². The van der Waals surface area contributed by atoms with Crippen LogP contribution in [0.25, 0.3) is 0 Å². The first-order chi connectivity index (χ1) is 6.26. The van der Waals surface area contributed by atoms with Gasteiger partial charge in [-0.1, -0.05) is 57.9 Å². The molecule has 0 aromatic carbocycles. The van der Waals surface area contributed by atoms with Crippen molar-refractivity contribution >= 4 is 0 Å². The molecule has 13 heavy (non-hydrogen) atoms. The smallest absolute Gasteiger partial charge is 0.00518 e. The van der Waals surface area contributed by atoms with Gasteiger partial charge < -0.3 is 0 Å². The van der Waals surface area contributed by atoms with Crippen molar-refractivity contribution in [3.63, 3.8) is 0 Å². The molecule has 0 heterocycles. The molecule has 0 amide bonds. The molecule has 0 rings (SSSR count). The number of rotatable bonds is 6. The van der Waals surface area contributed by atoms with Gasteiger partial charge in [-0.15, -0.1) is 0 Å². The predicted molar refractivity (Wildman–Crippen MR) is 61.9 cm³/mol. The second-order valence-electron chi connectivity index (χ2n) is 3.55. The van der Waals surface area contributed by atoms with E-state index in [1.165, 1.54) is 19.3 Å². The zero-order chi connectivity index (χ0) is 10.1. The molecule has 0 spiro atoms. The van der Waals surface area contributed by atoms with Crippen molar-refractivity contribution in [1.82, 2.24) is 0 Å². The van der Waals surface area contributed by atoms with Crippen LogP contribution in [0.4, 0.5) is 0 Å². The predicted octanol–water partition coefficient (Wildman–Crippen LogP) is 4.73. The quantitative estimate of drug-likeness (QED) is 0.519. The third-order valence-corrected chi connectivity index (χ3v) is 2.34. The SMILES string of the molecule is CCC=C(CC)C(C)C=CCCC. The zero-order valence-electron chi connectivity index (χ0n) is 9.64. The summed E-state index contributed by atoms with van der Waals surface area (Å²) < 4.78 is 0. The van der Waals surface area contributed by atoms with Crippen LogP contribution in [0.15, 0.2) is 23.8 Å². The standard InChI is InChI=1S/C13H24/c1-5-8-9-11-12(4)13(7-3)10-6-2/h9-12H,5-8H2,1-4H3. The fraction of sp³-hybridized carbons (Fsp3) is 0.692. The molecule has 0 aliphatic heterocycles. The van der Waals surface area contributed by atoms with Crippen molar-refractivity contribution in [1.29, 1.82) is 0 Å². The average Bonchev–Trinajstić information content (AvgIpc) is 2.14. The summed E-state index contributed by atoms with van der Waals surface area (Å²) in [6, 6.07) is 0. The maximum atomic E-state index is 2.36. The van der Waals surface area contributed by atoms with Crippen LogP contribution in [-0.4, -0.2) is 0 Å². The summed E-state index contributed by atoms with van der Waals surface area (Å²) in [5.41, 5.74) is 1.58. The Morgan fingerprint density at radius 1 is 1.23 bits per heavy atom. The lowest BCUT2D eigenvalue weighted by atomic mass is 9.97. The van der Waals surface area contributed by atoms with Crippen molar-refractivity contribution < 1.29 is 0 Å². The first kappa shape index (κ1) is 12.5. The molecule has 1 atom stereocenters. The van der Waals surface area contributed by atoms with E-state index >= 15 is 0 Å². The van der Waals surface area contributed by atoms with E-state index in [2.05, 4.69) is 45.9 Å². The molecule has 0 saturated carbocycles. The molecule has 0 radical (unpaired) electrons. The van der Waals surface area contributed by atoms with Crippen molar-refractivity contribution in [3.05, 3.63) is 23.8 Å². The molecule has 76 valence electrons. The summed E-state index contributed by atoms with van der Waals surface area (Å²) >= 11 is 0. The van der Waals surface area contributed by atoms with Crippen molar-refractivity contribution in [2.75, 3.05) is 0 Å². The first-order valence-electron chi connectivity index (χ1n) is 5.61. The van der Waals surface area contributed by atoms with Gasteiger partial charge in [-0.2, -0.15) is 0 Å². The van der Waals surface area contributed by atoms with Crippen LogP contribution in [0.5, 0.6) is 0 Å². The van der Waals surface area contributed by atoms with Crippen LogP contribution >= 0.6 is 0 Å². The Labute approximate surface area is 83.7 Å². The Balaban J connectivity index is 4.05. The van der Waals surface area contributed by atoms with E-state index in [-0.39, 0.29) is 0 Å². The molecule has 0 saturated heterocycles. The van der Waals surface area contributed by atoms with E-state index < -0.39 is 0 Å². The van der Waals surface area contributed by atoms with E-state index in [1.54, 1.807) is 5.57 Å². The van der Waals surface area contributed by atoms with Gasteiger partial charge in [0.15, 0.2) is 0 Å². The summed E-state index contributed by atoms with van der Waals surface area (Å²) in [7, 11) is 0. The summed E-state index contributed by atoms with van der Waals surface area (Å²) in [5.74, 6) is 0.636. The molecule has 0 fully saturated rings. The molecule has 0 heteroatoms. The highest BCUT2D eigenvalue weighted by Crippen LogP contribution is 2.16. The minimum atomic E-state index is 0.636. The van der Waals surface area contributed by atoms with E-state index in [0.717, 1.165) is 6.42 Å². The molecular weight excluding hydrogens is 156 g/mol. The number of hydrogen-bond acceptors (Lipinski definition) is 0. The van der Waals surface area contributed by atoms with Crippen LogP contribution < -0.4 is 0 Å². The lowest BCUT2D eigenvalue weighted by molar-refractivity contribution is 0.792. The minimum Gasteiger partial charge on any atom is -0.0880 e. The number of unbranched alkanes of at least 4 members (excludes halogenated alkanes) is 1. The highest BCUT2D eigenvalue weighted by atomic mass is 14.1. The largest absolute Gasteiger partial charge is 0.0880 e. The molecule has 0 aliphatic rings. The number of hydrogen-bond donors (Lipinski definition) is 0. The average molecular weight is 180 g/mol. The number of allylic oxidation sites excluding steroid dienone is 4. The first-order valence-corrected chi connectivity index (χ1v) is 5.61. The highest BCUT2D eigenvalue weighted by molar-refractivity contribution is 5.11. The maximum Gasteiger partial charge on any atom is -0.00518 e. The lowest BCUT2D eigenvalue weighted by Gasteiger charge is -2.09. The lowest BCUT2D eigenvalue weighted by Crippen LogP contribution is -1.94. The molecule has 0 nitrogen and oxygen atoms in total. The van der Waals surface area contributed by atoms with Crippen LogP contribution in [-0.2, 0) is 0 Å². The summed E-state index contributed by atoms with van der Waals surface area (Å²) in [5, 5.41) is 0. The molecular formula is C13H24. The Kier molecular flexibility index (Phi) is 7.77. The van der Waals surface area contributed by atoms with E-state index in [9.17, 15) is 0 Å². The fourth-order valence-electron chi connectivity index (χ4n) is 1.51. The summed E-state index contributed by atoms with van der Waals surface area (Å²) in [6.45, 7) is 8.96. The Morgan fingerprint density at radius 3 is 2.38 bits per heavy atom. The van der Waals surface area contributed by atoms with Gasteiger partial charge in [-0.25, -0.2) is 0 Å². The third kappa shape index (κ3) is 5.68. The van der Waals surface area contributed by atoms with Gasteiger partial charge in [-0.05, 0) is 25.2 Å². The van der Waals surface area contributed by atoms with Crippen LogP contribution in [0.3, 0.4) is 0 Å². The van der Waals surface area contributed by atoms with Crippen molar-refractivity contribution in [2.24, 2.45) is 5.92 Å². The Hall–Kier alpha value is -0.520. The van der Waals surface area contributed by atoms with Gasteiger partial charge in [-0.3, -0.25) is 0 Å². The Morgan fingerprint density at radius 2 is 1.92 bits per heavy atom. The molecule has 1 unspecified atom stereocenters. The van der Waals surface area contributed by atoms with E-state index in [1.807, 2.05) is 0 Å². The monoisotopic (exact) mass is 180 g/mol. The third-order valence-electron chi connectivity index (χ3n) is 2.34. The van der Waals surface area contributed by atoms with Gasteiger partial charge in [0, 0.05) is 0 Å². The summed E-state index contributed by atoms with van der Waals surface area (Å²) in [6.07, 6.45) is 11.8. The maximum absolute atomic E-state index is 2.36. The molecule has 0 aromatic heterocycles. The van der Waals surface area contributed by atoms with Gasteiger partial charge in [0.2, 0.25) is 0 Å². The molecule has 0 bridgehead atoms.